The van der Waals surface area contributed by atoms with Gasteiger partial charge in [-0.15, -0.1) is 0 Å². The molecular weight excluding hydrogens is 513 g/mol. The number of fused-ring (bicyclic) bond motifs is 2. The third-order valence-electron chi connectivity index (χ3n) is 8.46. The fraction of sp³-hybridized carbons (Fsp3) is 0.400. The Hall–Kier alpha value is -4.05. The van der Waals surface area contributed by atoms with Crippen LogP contribution in [0.3, 0.4) is 0 Å². The number of hydrogen-bond donors (Lipinski definition) is 1. The zero-order valence-corrected chi connectivity index (χ0v) is 22.4. The van der Waals surface area contributed by atoms with Crippen molar-refractivity contribution in [2.24, 2.45) is 12.8 Å². The van der Waals surface area contributed by atoms with Crippen molar-refractivity contribution in [1.82, 2.24) is 19.6 Å². The summed E-state index contributed by atoms with van der Waals surface area (Å²) in [6, 6.07) is 11.8. The summed E-state index contributed by atoms with van der Waals surface area (Å²) < 4.78 is 21.0. The fourth-order valence-corrected chi connectivity index (χ4v) is 6.25. The summed E-state index contributed by atoms with van der Waals surface area (Å²) in [5, 5.41) is 4.23. The summed E-state index contributed by atoms with van der Waals surface area (Å²) in [5.74, 6) is -1.21. The van der Waals surface area contributed by atoms with Crippen molar-refractivity contribution in [2.45, 2.75) is 62.8 Å². The molecule has 10 heteroatoms. The first-order chi connectivity index (χ1) is 19.2. The van der Waals surface area contributed by atoms with E-state index in [0.29, 0.717) is 18.4 Å². The largest absolute Gasteiger partial charge is 0.427 e. The van der Waals surface area contributed by atoms with Gasteiger partial charge in [-0.1, -0.05) is 30.3 Å². The number of halogens is 1. The number of carbonyl (C=O) groups is 3. The standard InChI is InChI=1S/C30H32FN5O4/c1-34-17-22(15-33-34)20-4-11-26-21(14-20)12-13-30(26)28(38)36(29(39)40-30)18-27(37)35(25-9-7-24(32)8-10-25)16-19-2-5-23(31)6-3-19/h2-6,11,14-15,17,24-25H,7-10,12-13,16,18,32H2,1H3/t24?,25?,30-/m1/s1. The maximum Gasteiger partial charge on any atom is 0.418 e. The molecule has 40 heavy (non-hydrogen) atoms. The third kappa shape index (κ3) is 4.66. The second-order valence-electron chi connectivity index (χ2n) is 11.1. The van der Waals surface area contributed by atoms with Crippen LogP contribution in [0.1, 0.15) is 48.8 Å². The number of benzene rings is 2. The second-order valence-corrected chi connectivity index (χ2v) is 11.1. The van der Waals surface area contributed by atoms with Crippen LogP contribution in [0.4, 0.5) is 9.18 Å². The van der Waals surface area contributed by atoms with Gasteiger partial charge in [0.05, 0.1) is 6.20 Å². The molecule has 2 aliphatic carbocycles. The molecule has 0 unspecified atom stereocenters. The average molecular weight is 546 g/mol. The van der Waals surface area contributed by atoms with E-state index < -0.39 is 24.1 Å². The molecule has 6 rings (SSSR count). The van der Waals surface area contributed by atoms with E-state index in [1.807, 2.05) is 31.4 Å². The number of hydrogen-bond acceptors (Lipinski definition) is 6. The zero-order valence-electron chi connectivity index (χ0n) is 22.4. The molecule has 1 saturated carbocycles. The monoisotopic (exact) mass is 545 g/mol. The van der Waals surface area contributed by atoms with Crippen LogP contribution in [-0.2, 0) is 39.9 Å². The van der Waals surface area contributed by atoms with E-state index >= 15 is 0 Å². The lowest BCUT2D eigenvalue weighted by Gasteiger charge is -2.36. The smallest absolute Gasteiger partial charge is 0.418 e. The lowest BCUT2D eigenvalue weighted by Crippen LogP contribution is -2.49. The molecule has 2 fully saturated rings. The van der Waals surface area contributed by atoms with Crippen molar-refractivity contribution in [2.75, 3.05) is 6.54 Å². The lowest BCUT2D eigenvalue weighted by molar-refractivity contribution is -0.143. The molecule has 2 heterocycles. The van der Waals surface area contributed by atoms with Crippen molar-refractivity contribution < 1.29 is 23.5 Å². The Morgan fingerprint density at radius 2 is 1.88 bits per heavy atom. The van der Waals surface area contributed by atoms with Gasteiger partial charge in [0.25, 0.3) is 5.91 Å². The number of rotatable bonds is 6. The minimum Gasteiger partial charge on any atom is -0.427 e. The van der Waals surface area contributed by atoms with E-state index in [1.165, 1.54) is 12.1 Å². The first-order valence-electron chi connectivity index (χ1n) is 13.7. The van der Waals surface area contributed by atoms with Gasteiger partial charge in [-0.3, -0.25) is 14.3 Å². The summed E-state index contributed by atoms with van der Waals surface area (Å²) in [6.07, 6.45) is 6.79. The number of imide groups is 1. The number of carbonyl (C=O) groups excluding carboxylic acids is 3. The van der Waals surface area contributed by atoms with Crippen LogP contribution in [-0.4, -0.2) is 56.1 Å². The Bertz CT molecular complexity index is 1460. The molecular formula is C30H32FN5O4. The molecule has 1 aliphatic heterocycles. The number of nitrogens with two attached hydrogens (primary N) is 1. The molecule has 1 spiro atoms. The number of amides is 3. The van der Waals surface area contributed by atoms with E-state index in [1.54, 1.807) is 27.9 Å². The first kappa shape index (κ1) is 26.2. The van der Waals surface area contributed by atoms with Crippen LogP contribution in [0.15, 0.2) is 54.9 Å². The van der Waals surface area contributed by atoms with Crippen molar-refractivity contribution in [3.8, 4) is 11.1 Å². The quantitative estimate of drug-likeness (QED) is 0.506. The maximum atomic E-state index is 13.8. The number of ether oxygens (including phenoxy) is 1. The molecule has 2 aromatic carbocycles. The van der Waals surface area contributed by atoms with Gasteiger partial charge in [-0.05, 0) is 60.9 Å². The van der Waals surface area contributed by atoms with Crippen molar-refractivity contribution in [3.63, 3.8) is 0 Å². The van der Waals surface area contributed by atoms with Gasteiger partial charge in [-0.25, -0.2) is 14.1 Å². The predicted molar refractivity (Wildman–Crippen MR) is 144 cm³/mol. The topological polar surface area (TPSA) is 111 Å². The predicted octanol–water partition coefficient (Wildman–Crippen LogP) is 3.65. The van der Waals surface area contributed by atoms with E-state index in [9.17, 15) is 18.8 Å². The van der Waals surface area contributed by atoms with Crippen LogP contribution in [0.2, 0.25) is 0 Å². The van der Waals surface area contributed by atoms with Gasteiger partial charge in [0, 0.05) is 49.4 Å². The van der Waals surface area contributed by atoms with Crippen LogP contribution < -0.4 is 5.73 Å². The van der Waals surface area contributed by atoms with Crippen molar-refractivity contribution >= 4 is 17.9 Å². The summed E-state index contributed by atoms with van der Waals surface area (Å²) in [4.78, 5) is 43.2. The highest BCUT2D eigenvalue weighted by Gasteiger charge is 2.58. The summed E-state index contributed by atoms with van der Waals surface area (Å²) >= 11 is 0. The highest BCUT2D eigenvalue weighted by molar-refractivity contribution is 6.06. The van der Waals surface area contributed by atoms with Crippen LogP contribution in [0, 0.1) is 5.82 Å². The minimum absolute atomic E-state index is 0.0851. The zero-order chi connectivity index (χ0) is 28.0. The average Bonchev–Trinajstić information content (AvgIpc) is 3.61. The Balaban J connectivity index is 1.23. The molecule has 1 atom stereocenters. The Labute approximate surface area is 231 Å². The molecule has 208 valence electrons. The highest BCUT2D eigenvalue weighted by Crippen LogP contribution is 2.46. The van der Waals surface area contributed by atoms with Gasteiger partial charge in [0.15, 0.2) is 0 Å². The Morgan fingerprint density at radius 1 is 1.12 bits per heavy atom. The SMILES string of the molecule is Cn1cc(-c2ccc3c(c2)CC[C@@]32OC(=O)N(CC(=O)N(Cc3ccc(F)cc3)C3CCC(N)CC3)C2=O)cn1. The molecule has 3 aromatic rings. The molecule has 9 nitrogen and oxygen atoms in total. The Kier molecular flexibility index (Phi) is 6.66. The van der Waals surface area contributed by atoms with Crippen molar-refractivity contribution in [3.05, 3.63) is 77.4 Å². The van der Waals surface area contributed by atoms with Gasteiger partial charge >= 0.3 is 6.09 Å². The highest BCUT2D eigenvalue weighted by atomic mass is 19.1. The van der Waals surface area contributed by atoms with Crippen molar-refractivity contribution in [1.29, 1.82) is 0 Å². The number of nitrogens with zero attached hydrogens (tertiary/aromatic N) is 4. The molecule has 0 bridgehead atoms. The van der Waals surface area contributed by atoms with Crippen LogP contribution in [0.25, 0.3) is 11.1 Å². The number of aromatic nitrogens is 2. The minimum atomic E-state index is -1.42. The second kappa shape index (κ2) is 10.2. The third-order valence-corrected chi connectivity index (χ3v) is 8.46. The molecule has 3 amide bonds. The van der Waals surface area contributed by atoms with E-state index in [2.05, 4.69) is 5.10 Å². The first-order valence-corrected chi connectivity index (χ1v) is 13.7. The summed E-state index contributed by atoms with van der Waals surface area (Å²) in [7, 11) is 1.85. The van der Waals surface area contributed by atoms with E-state index in [-0.39, 0.29) is 30.4 Å². The van der Waals surface area contributed by atoms with Gasteiger partial charge in [0.2, 0.25) is 11.5 Å². The van der Waals surface area contributed by atoms with Gasteiger partial charge in [-0.2, -0.15) is 5.10 Å². The molecule has 1 saturated heterocycles. The van der Waals surface area contributed by atoms with Crippen LogP contribution in [0.5, 0.6) is 0 Å². The summed E-state index contributed by atoms with van der Waals surface area (Å²) in [6.45, 7) is -0.159. The van der Waals surface area contributed by atoms with E-state index in [4.69, 9.17) is 10.5 Å². The molecule has 3 aliphatic rings. The van der Waals surface area contributed by atoms with E-state index in [0.717, 1.165) is 52.8 Å². The van der Waals surface area contributed by atoms with Crippen LogP contribution >= 0.6 is 0 Å². The van der Waals surface area contributed by atoms with Gasteiger partial charge in [0.1, 0.15) is 12.4 Å². The molecule has 0 radical (unpaired) electrons. The molecule has 1 aromatic heterocycles. The maximum absolute atomic E-state index is 13.8. The Morgan fingerprint density at radius 3 is 2.58 bits per heavy atom. The lowest BCUT2D eigenvalue weighted by atomic mass is 9.90. The molecule has 2 N–H and O–H groups in total. The normalized spacial score (nSPS) is 23.9. The number of aryl methyl sites for hydroxylation is 2. The van der Waals surface area contributed by atoms with Gasteiger partial charge < -0.3 is 15.4 Å². The summed E-state index contributed by atoms with van der Waals surface area (Å²) in [5.41, 5.74) is 8.98. The fourth-order valence-electron chi connectivity index (χ4n) is 6.25.